The number of amides is 1. The molecule has 1 aliphatic rings. The van der Waals surface area contributed by atoms with E-state index in [1.807, 2.05) is 22.7 Å². The summed E-state index contributed by atoms with van der Waals surface area (Å²) in [7, 11) is 1.63. The highest BCUT2D eigenvalue weighted by atomic mass is 19.2. The van der Waals surface area contributed by atoms with Gasteiger partial charge in [-0.2, -0.15) is 0 Å². The lowest BCUT2D eigenvalue weighted by Crippen LogP contribution is -2.37. The van der Waals surface area contributed by atoms with Crippen LogP contribution in [0.5, 0.6) is 0 Å². The van der Waals surface area contributed by atoms with Crippen LogP contribution >= 0.6 is 0 Å². The van der Waals surface area contributed by atoms with E-state index in [-0.39, 0.29) is 29.9 Å². The number of benzene rings is 1. The molecule has 4 aromatic rings. The lowest BCUT2D eigenvalue weighted by atomic mass is 9.95. The third-order valence-electron chi connectivity index (χ3n) is 5.60. The fraction of sp³-hybridized carbons (Fsp3) is 0.182. The Bertz CT molecular complexity index is 1380. The number of ether oxygens (including phenoxy) is 1. The molecule has 1 amide bonds. The predicted octanol–water partition coefficient (Wildman–Crippen LogP) is 3.40. The number of likely N-dealkylation sites (N-methyl/N-ethyl adjacent to an activating group) is 1. The molecule has 0 aliphatic carbocycles. The summed E-state index contributed by atoms with van der Waals surface area (Å²) in [4.78, 5) is 29.8. The number of H-pyrrole nitrogens is 1. The topological polar surface area (TPSA) is 66.8 Å². The number of nitrogens with one attached hydrogen (secondary N) is 1. The molecule has 152 valence electrons. The van der Waals surface area contributed by atoms with Crippen LogP contribution in [0.15, 0.2) is 53.6 Å². The van der Waals surface area contributed by atoms with Gasteiger partial charge in [0.15, 0.2) is 11.6 Å². The first-order valence-electron chi connectivity index (χ1n) is 9.39. The molecule has 1 aliphatic heterocycles. The minimum absolute atomic E-state index is 0.0370. The van der Waals surface area contributed by atoms with Gasteiger partial charge in [0.05, 0.1) is 24.6 Å². The highest BCUT2D eigenvalue weighted by molar-refractivity contribution is 5.96. The van der Waals surface area contributed by atoms with Gasteiger partial charge in [-0.15, -0.1) is 0 Å². The highest BCUT2D eigenvalue weighted by Crippen LogP contribution is 2.34. The van der Waals surface area contributed by atoms with E-state index in [1.165, 1.54) is 4.90 Å². The highest BCUT2D eigenvalue weighted by Gasteiger charge is 2.31. The van der Waals surface area contributed by atoms with Gasteiger partial charge >= 0.3 is 0 Å². The zero-order chi connectivity index (χ0) is 21.0. The van der Waals surface area contributed by atoms with Crippen LogP contribution in [-0.2, 0) is 11.3 Å². The molecule has 4 heterocycles. The number of fused-ring (bicyclic) bond motifs is 4. The van der Waals surface area contributed by atoms with Gasteiger partial charge in [-0.25, -0.2) is 8.78 Å². The van der Waals surface area contributed by atoms with Crippen molar-refractivity contribution in [2.45, 2.75) is 12.6 Å². The number of rotatable bonds is 2. The predicted molar refractivity (Wildman–Crippen MR) is 106 cm³/mol. The molecule has 1 atom stereocenters. The molecular weight excluding hydrogens is 392 g/mol. The van der Waals surface area contributed by atoms with Crippen molar-refractivity contribution in [1.82, 2.24) is 14.3 Å². The van der Waals surface area contributed by atoms with Crippen molar-refractivity contribution in [2.24, 2.45) is 0 Å². The number of carbonyl (C=O) groups is 1. The van der Waals surface area contributed by atoms with E-state index in [4.69, 9.17) is 4.74 Å². The van der Waals surface area contributed by atoms with Crippen LogP contribution in [0, 0.1) is 11.6 Å². The molecule has 0 unspecified atom stereocenters. The molecule has 0 saturated carbocycles. The average Bonchev–Trinajstić information content (AvgIpc) is 3.21. The Morgan fingerprint density at radius 3 is 2.73 bits per heavy atom. The van der Waals surface area contributed by atoms with Crippen LogP contribution in [0.3, 0.4) is 0 Å². The normalized spacial score (nSPS) is 16.0. The minimum Gasteiger partial charge on any atom is -0.373 e. The van der Waals surface area contributed by atoms with E-state index >= 15 is 0 Å². The summed E-state index contributed by atoms with van der Waals surface area (Å²) < 4.78 is 35.3. The first-order chi connectivity index (χ1) is 14.4. The van der Waals surface area contributed by atoms with Crippen LogP contribution in [0.4, 0.5) is 8.78 Å². The Labute approximate surface area is 169 Å². The van der Waals surface area contributed by atoms with Gasteiger partial charge in [0.2, 0.25) is 0 Å². The summed E-state index contributed by atoms with van der Waals surface area (Å²) in [5.74, 6) is -2.39. The number of hydrogen-bond acceptors (Lipinski definition) is 3. The lowest BCUT2D eigenvalue weighted by molar-refractivity contribution is 0.0335. The van der Waals surface area contributed by atoms with Gasteiger partial charge in [-0.05, 0) is 41.8 Å². The molecule has 1 N–H and O–H groups in total. The Hall–Kier alpha value is -3.52. The second-order valence-electron chi connectivity index (χ2n) is 7.36. The second kappa shape index (κ2) is 6.77. The van der Waals surface area contributed by atoms with E-state index in [0.29, 0.717) is 16.8 Å². The molecule has 0 radical (unpaired) electrons. The molecule has 0 spiro atoms. The molecule has 0 fully saturated rings. The molecule has 30 heavy (non-hydrogen) atoms. The molecule has 5 rings (SSSR count). The summed E-state index contributed by atoms with van der Waals surface area (Å²) in [6.45, 7) is 0.289. The number of halogens is 2. The monoisotopic (exact) mass is 409 g/mol. The summed E-state index contributed by atoms with van der Waals surface area (Å²) >= 11 is 0. The molecule has 8 heteroatoms. The quantitative estimate of drug-likeness (QED) is 0.552. The molecule has 0 saturated heterocycles. The maximum atomic E-state index is 14.0. The Morgan fingerprint density at radius 1 is 1.17 bits per heavy atom. The van der Waals surface area contributed by atoms with Gasteiger partial charge in [-0.1, -0.05) is 0 Å². The van der Waals surface area contributed by atoms with Crippen molar-refractivity contribution in [1.29, 1.82) is 0 Å². The van der Waals surface area contributed by atoms with Crippen molar-refractivity contribution in [3.63, 3.8) is 0 Å². The fourth-order valence-corrected chi connectivity index (χ4v) is 4.06. The summed E-state index contributed by atoms with van der Waals surface area (Å²) in [5, 5.41) is 0.317. The zero-order valence-electron chi connectivity index (χ0n) is 16.0. The summed E-state index contributed by atoms with van der Waals surface area (Å²) in [6, 6.07) is 8.61. The van der Waals surface area contributed by atoms with Crippen LogP contribution < -0.4 is 5.56 Å². The van der Waals surface area contributed by atoms with E-state index < -0.39 is 23.2 Å². The SMILES string of the molecule is CN(C(=O)c1ccn2cccc2c1)[C@H]1COCc2[nH]c(=O)c3cc(F)c(F)cc3c21. The number of pyridine rings is 2. The second-order valence-corrected chi connectivity index (χ2v) is 7.36. The van der Waals surface area contributed by atoms with Crippen molar-refractivity contribution < 1.29 is 18.3 Å². The van der Waals surface area contributed by atoms with Crippen LogP contribution in [0.1, 0.15) is 27.7 Å². The molecular formula is C22H17F2N3O3. The fourth-order valence-electron chi connectivity index (χ4n) is 4.06. The molecule has 6 nitrogen and oxygen atoms in total. The number of carbonyl (C=O) groups excluding carboxylic acids is 1. The summed E-state index contributed by atoms with van der Waals surface area (Å²) in [5.41, 5.74) is 1.86. The van der Waals surface area contributed by atoms with Gasteiger partial charge in [-0.3, -0.25) is 9.59 Å². The van der Waals surface area contributed by atoms with Crippen molar-refractivity contribution in [3.05, 3.63) is 87.6 Å². The average molecular weight is 409 g/mol. The standard InChI is InChI=1S/C22H17F2N3O3/c1-26(22(29)12-4-6-27-5-2-3-13(27)7-12)19-11-30-10-18-20(19)14-8-16(23)17(24)9-15(14)21(28)25-18/h2-9,19H,10-11H2,1H3,(H,25,28)/t19-/m0/s1. The minimum atomic E-state index is -1.10. The lowest BCUT2D eigenvalue weighted by Gasteiger charge is -2.34. The number of nitrogens with zero attached hydrogens (tertiary/aromatic N) is 2. The first-order valence-corrected chi connectivity index (χ1v) is 9.39. The number of aromatic nitrogens is 2. The Morgan fingerprint density at radius 2 is 1.93 bits per heavy atom. The first kappa shape index (κ1) is 18.5. The maximum Gasteiger partial charge on any atom is 0.256 e. The Kier molecular flexibility index (Phi) is 4.18. The van der Waals surface area contributed by atoms with E-state index in [1.54, 1.807) is 25.4 Å². The van der Waals surface area contributed by atoms with Crippen LogP contribution in [0.2, 0.25) is 0 Å². The van der Waals surface area contributed by atoms with Gasteiger partial charge in [0.1, 0.15) is 0 Å². The number of aromatic amines is 1. The van der Waals surface area contributed by atoms with E-state index in [9.17, 15) is 18.4 Å². The van der Waals surface area contributed by atoms with Gasteiger partial charge < -0.3 is 19.0 Å². The largest absolute Gasteiger partial charge is 0.373 e. The van der Waals surface area contributed by atoms with Crippen molar-refractivity contribution >= 4 is 22.2 Å². The van der Waals surface area contributed by atoms with Crippen LogP contribution in [-0.4, -0.2) is 33.8 Å². The maximum absolute atomic E-state index is 14.0. The molecule has 0 bridgehead atoms. The number of hydrogen-bond donors (Lipinski definition) is 1. The van der Waals surface area contributed by atoms with Gasteiger partial charge in [0.25, 0.3) is 11.5 Å². The third kappa shape index (κ3) is 2.80. The molecule has 3 aromatic heterocycles. The summed E-state index contributed by atoms with van der Waals surface area (Å²) in [6.07, 6.45) is 3.68. The Balaban J connectivity index is 1.62. The van der Waals surface area contributed by atoms with E-state index in [2.05, 4.69) is 4.98 Å². The van der Waals surface area contributed by atoms with E-state index in [0.717, 1.165) is 17.6 Å². The van der Waals surface area contributed by atoms with Crippen molar-refractivity contribution in [3.8, 4) is 0 Å². The van der Waals surface area contributed by atoms with Gasteiger partial charge in [0, 0.05) is 41.8 Å². The zero-order valence-corrected chi connectivity index (χ0v) is 16.0. The smallest absolute Gasteiger partial charge is 0.256 e. The van der Waals surface area contributed by atoms with Crippen molar-refractivity contribution in [2.75, 3.05) is 13.7 Å². The van der Waals surface area contributed by atoms with Crippen LogP contribution in [0.25, 0.3) is 16.3 Å². The molecule has 1 aromatic carbocycles. The third-order valence-corrected chi connectivity index (χ3v) is 5.60.